The molecule has 110 valence electrons. The summed E-state index contributed by atoms with van der Waals surface area (Å²) in [5.74, 6) is 1.28. The van der Waals surface area contributed by atoms with Gasteiger partial charge in [-0.3, -0.25) is 4.79 Å². The lowest BCUT2D eigenvalue weighted by molar-refractivity contribution is 0.0735. The summed E-state index contributed by atoms with van der Waals surface area (Å²) in [6, 6.07) is 1.74. The Morgan fingerprint density at radius 3 is 2.80 bits per heavy atom. The monoisotopic (exact) mass is 276 g/mol. The van der Waals surface area contributed by atoms with Crippen molar-refractivity contribution in [2.24, 2.45) is 11.7 Å². The molecule has 0 aromatic carbocycles. The van der Waals surface area contributed by atoms with Crippen molar-refractivity contribution in [3.05, 3.63) is 36.3 Å². The number of carbonyl (C=O) groups excluding carboxylic acids is 1. The highest BCUT2D eigenvalue weighted by molar-refractivity contribution is 5.94. The molecule has 0 saturated heterocycles. The van der Waals surface area contributed by atoms with Crippen molar-refractivity contribution in [2.75, 3.05) is 13.1 Å². The molecular weight excluding hydrogens is 252 g/mol. The molecule has 0 radical (unpaired) electrons. The SMILES string of the molecule is C=CCN(CC1CCCCC1)C(=O)c1coc(CN)c1. The zero-order valence-electron chi connectivity index (χ0n) is 12.0. The predicted octanol–water partition coefficient (Wildman–Crippen LogP) is 2.95. The van der Waals surface area contributed by atoms with Crippen LogP contribution >= 0.6 is 0 Å². The number of nitrogens with two attached hydrogens (primary N) is 1. The molecule has 1 aliphatic rings. The van der Waals surface area contributed by atoms with Crippen LogP contribution < -0.4 is 5.73 Å². The van der Waals surface area contributed by atoms with Crippen molar-refractivity contribution in [3.63, 3.8) is 0 Å². The lowest BCUT2D eigenvalue weighted by Crippen LogP contribution is -2.36. The zero-order chi connectivity index (χ0) is 14.4. The average Bonchev–Trinajstić information content (AvgIpc) is 2.96. The van der Waals surface area contributed by atoms with E-state index in [9.17, 15) is 4.79 Å². The van der Waals surface area contributed by atoms with Crippen LogP contribution in [0.2, 0.25) is 0 Å². The van der Waals surface area contributed by atoms with Crippen molar-refractivity contribution < 1.29 is 9.21 Å². The molecule has 2 N–H and O–H groups in total. The lowest BCUT2D eigenvalue weighted by atomic mass is 9.89. The molecule has 1 aromatic rings. The molecule has 0 spiro atoms. The van der Waals surface area contributed by atoms with Crippen molar-refractivity contribution in [1.29, 1.82) is 0 Å². The fourth-order valence-electron chi connectivity index (χ4n) is 2.86. The first kappa shape index (κ1) is 14.9. The Balaban J connectivity index is 2.02. The summed E-state index contributed by atoms with van der Waals surface area (Å²) in [6.07, 6.45) is 9.62. The molecule has 0 atom stereocenters. The molecule has 1 saturated carbocycles. The van der Waals surface area contributed by atoms with Crippen LogP contribution in [0.3, 0.4) is 0 Å². The van der Waals surface area contributed by atoms with Gasteiger partial charge in [-0.2, -0.15) is 0 Å². The van der Waals surface area contributed by atoms with Crippen LogP contribution in [0, 0.1) is 5.92 Å². The van der Waals surface area contributed by atoms with Gasteiger partial charge in [-0.25, -0.2) is 0 Å². The molecule has 0 unspecified atom stereocenters. The summed E-state index contributed by atoms with van der Waals surface area (Å²) in [6.45, 7) is 5.47. The van der Waals surface area contributed by atoms with E-state index in [-0.39, 0.29) is 5.91 Å². The summed E-state index contributed by atoms with van der Waals surface area (Å²) < 4.78 is 5.25. The Labute approximate surface area is 120 Å². The maximum absolute atomic E-state index is 12.5. The topological polar surface area (TPSA) is 59.5 Å². The average molecular weight is 276 g/mol. The number of nitrogens with zero attached hydrogens (tertiary/aromatic N) is 1. The second-order valence-corrected chi connectivity index (χ2v) is 5.51. The Kier molecular flexibility index (Phi) is 5.41. The van der Waals surface area contributed by atoms with Gasteiger partial charge in [0.2, 0.25) is 0 Å². The molecule has 4 nitrogen and oxygen atoms in total. The normalized spacial score (nSPS) is 16.1. The third-order valence-electron chi connectivity index (χ3n) is 3.94. The molecule has 1 fully saturated rings. The first-order chi connectivity index (χ1) is 9.74. The highest BCUT2D eigenvalue weighted by Gasteiger charge is 2.22. The maximum atomic E-state index is 12.5. The van der Waals surface area contributed by atoms with Crippen LogP contribution in [-0.4, -0.2) is 23.9 Å². The van der Waals surface area contributed by atoms with Gasteiger partial charge in [0.25, 0.3) is 5.91 Å². The van der Waals surface area contributed by atoms with Crippen molar-refractivity contribution in [2.45, 2.75) is 38.6 Å². The van der Waals surface area contributed by atoms with E-state index in [4.69, 9.17) is 10.2 Å². The third kappa shape index (κ3) is 3.73. The smallest absolute Gasteiger partial charge is 0.257 e. The molecule has 4 heteroatoms. The molecule has 0 aliphatic heterocycles. The van der Waals surface area contributed by atoms with E-state index >= 15 is 0 Å². The molecule has 20 heavy (non-hydrogen) atoms. The van der Waals surface area contributed by atoms with Crippen molar-refractivity contribution >= 4 is 5.91 Å². The number of furan rings is 1. The summed E-state index contributed by atoms with van der Waals surface area (Å²) >= 11 is 0. The summed E-state index contributed by atoms with van der Waals surface area (Å²) in [7, 11) is 0. The second kappa shape index (κ2) is 7.29. The van der Waals surface area contributed by atoms with Gasteiger partial charge in [0.05, 0.1) is 12.1 Å². The largest absolute Gasteiger partial charge is 0.467 e. The fourth-order valence-corrected chi connectivity index (χ4v) is 2.86. The van der Waals surface area contributed by atoms with Gasteiger partial charge >= 0.3 is 0 Å². The van der Waals surface area contributed by atoms with E-state index in [1.807, 2.05) is 4.90 Å². The maximum Gasteiger partial charge on any atom is 0.257 e. The van der Waals surface area contributed by atoms with Gasteiger partial charge in [0.15, 0.2) is 0 Å². The Morgan fingerprint density at radius 1 is 1.45 bits per heavy atom. The van der Waals surface area contributed by atoms with E-state index in [0.717, 1.165) is 6.54 Å². The molecule has 0 bridgehead atoms. The molecule has 1 heterocycles. The molecule has 1 amide bonds. The minimum Gasteiger partial charge on any atom is -0.467 e. The van der Waals surface area contributed by atoms with Crippen LogP contribution in [0.25, 0.3) is 0 Å². The minimum absolute atomic E-state index is 0.0129. The Hall–Kier alpha value is -1.55. The molecule has 2 rings (SSSR count). The summed E-state index contributed by atoms with van der Waals surface area (Å²) in [5.41, 5.74) is 6.10. The minimum atomic E-state index is 0.0129. The van der Waals surface area contributed by atoms with Crippen LogP contribution in [0.4, 0.5) is 0 Å². The van der Waals surface area contributed by atoms with Gasteiger partial charge in [-0.05, 0) is 24.8 Å². The third-order valence-corrected chi connectivity index (χ3v) is 3.94. The van der Waals surface area contributed by atoms with E-state index < -0.39 is 0 Å². The van der Waals surface area contributed by atoms with Gasteiger partial charge in [-0.15, -0.1) is 6.58 Å². The van der Waals surface area contributed by atoms with Crippen LogP contribution in [0.15, 0.2) is 29.4 Å². The number of carbonyl (C=O) groups is 1. The molecule has 1 aliphatic carbocycles. The molecule has 1 aromatic heterocycles. The van der Waals surface area contributed by atoms with Gasteiger partial charge in [0.1, 0.15) is 12.0 Å². The summed E-state index contributed by atoms with van der Waals surface area (Å²) in [4.78, 5) is 14.4. The van der Waals surface area contributed by atoms with Crippen LogP contribution in [0.5, 0.6) is 0 Å². The van der Waals surface area contributed by atoms with E-state index in [0.29, 0.717) is 30.3 Å². The quantitative estimate of drug-likeness (QED) is 0.813. The second-order valence-electron chi connectivity index (χ2n) is 5.51. The highest BCUT2D eigenvalue weighted by atomic mass is 16.3. The first-order valence-corrected chi connectivity index (χ1v) is 7.42. The lowest BCUT2D eigenvalue weighted by Gasteiger charge is -2.28. The van der Waals surface area contributed by atoms with Gasteiger partial charge in [-0.1, -0.05) is 25.3 Å². The van der Waals surface area contributed by atoms with E-state index in [2.05, 4.69) is 6.58 Å². The Bertz CT molecular complexity index is 447. The number of amides is 1. The Morgan fingerprint density at radius 2 is 2.20 bits per heavy atom. The number of hydrogen-bond acceptors (Lipinski definition) is 3. The van der Waals surface area contributed by atoms with E-state index in [1.165, 1.54) is 38.4 Å². The van der Waals surface area contributed by atoms with Gasteiger partial charge in [0, 0.05) is 13.1 Å². The predicted molar refractivity (Wildman–Crippen MR) is 79.3 cm³/mol. The van der Waals surface area contributed by atoms with Gasteiger partial charge < -0.3 is 15.1 Å². The van der Waals surface area contributed by atoms with Crippen LogP contribution in [-0.2, 0) is 6.54 Å². The zero-order valence-corrected chi connectivity index (χ0v) is 12.0. The molecular formula is C16H24N2O2. The number of rotatable bonds is 6. The summed E-state index contributed by atoms with van der Waals surface area (Å²) in [5, 5.41) is 0. The van der Waals surface area contributed by atoms with Crippen LogP contribution in [0.1, 0.15) is 48.2 Å². The standard InChI is InChI=1S/C16H24N2O2/c1-2-8-18(11-13-6-4-3-5-7-13)16(19)14-9-15(10-17)20-12-14/h2,9,12-13H,1,3-8,10-11,17H2. The highest BCUT2D eigenvalue weighted by Crippen LogP contribution is 2.25. The van der Waals surface area contributed by atoms with E-state index in [1.54, 1.807) is 12.1 Å². The number of hydrogen-bond donors (Lipinski definition) is 1. The fraction of sp³-hybridized carbons (Fsp3) is 0.562. The van der Waals surface area contributed by atoms with Crippen molar-refractivity contribution in [3.8, 4) is 0 Å². The first-order valence-electron chi connectivity index (χ1n) is 7.42. The van der Waals surface area contributed by atoms with Crippen molar-refractivity contribution in [1.82, 2.24) is 4.90 Å².